The molecule has 74 valence electrons. The molecular formula is C9H15ClN2S. The summed E-state index contributed by atoms with van der Waals surface area (Å²) in [7, 11) is 1.95. The minimum atomic E-state index is 0.144. The number of rotatable bonds is 5. The normalized spacial score (nSPS) is 13.2. The van der Waals surface area contributed by atoms with Crippen LogP contribution in [-0.4, -0.2) is 13.6 Å². The largest absolute Gasteiger partial charge is 0.323 e. The van der Waals surface area contributed by atoms with Gasteiger partial charge in [-0.1, -0.05) is 11.6 Å². The molecule has 0 amide bonds. The van der Waals surface area contributed by atoms with E-state index in [-0.39, 0.29) is 6.04 Å². The Morgan fingerprint density at radius 3 is 2.92 bits per heavy atom. The summed E-state index contributed by atoms with van der Waals surface area (Å²) in [5.41, 5.74) is 5.97. The smallest absolute Gasteiger partial charge is 0.0931 e. The lowest BCUT2D eigenvalue weighted by molar-refractivity contribution is 0.597. The molecule has 0 saturated carbocycles. The van der Waals surface area contributed by atoms with Crippen LogP contribution in [0.25, 0.3) is 0 Å². The van der Waals surface area contributed by atoms with Crippen LogP contribution in [0.2, 0.25) is 4.34 Å². The van der Waals surface area contributed by atoms with E-state index >= 15 is 0 Å². The van der Waals surface area contributed by atoms with Crippen LogP contribution >= 0.6 is 22.9 Å². The summed E-state index contributed by atoms with van der Waals surface area (Å²) in [6.07, 6.45) is 2.12. The SMILES string of the molecule is CNCCCC(N)c1ccc(Cl)s1. The van der Waals surface area contributed by atoms with E-state index in [4.69, 9.17) is 17.3 Å². The minimum absolute atomic E-state index is 0.144. The molecule has 0 aromatic carbocycles. The lowest BCUT2D eigenvalue weighted by Crippen LogP contribution is -2.13. The van der Waals surface area contributed by atoms with Gasteiger partial charge in [-0.15, -0.1) is 11.3 Å². The fourth-order valence-corrected chi connectivity index (χ4v) is 2.27. The highest BCUT2D eigenvalue weighted by Gasteiger charge is 2.07. The van der Waals surface area contributed by atoms with Crippen molar-refractivity contribution in [3.8, 4) is 0 Å². The average Bonchev–Trinajstić information content (AvgIpc) is 2.52. The first-order valence-corrected chi connectivity index (χ1v) is 5.59. The standard InChI is InChI=1S/C9H15ClN2S/c1-12-6-2-3-7(11)8-4-5-9(10)13-8/h4-5,7,12H,2-3,6,11H2,1H3. The molecule has 0 aliphatic carbocycles. The summed E-state index contributed by atoms with van der Waals surface area (Å²) < 4.78 is 0.819. The number of nitrogens with one attached hydrogen (secondary N) is 1. The van der Waals surface area contributed by atoms with Crippen molar-refractivity contribution < 1.29 is 0 Å². The Morgan fingerprint density at radius 1 is 1.62 bits per heavy atom. The predicted octanol–water partition coefficient (Wildman–Crippen LogP) is 2.40. The van der Waals surface area contributed by atoms with Gasteiger partial charge in [0, 0.05) is 10.9 Å². The molecule has 0 spiro atoms. The van der Waals surface area contributed by atoms with E-state index in [1.807, 2.05) is 19.2 Å². The van der Waals surface area contributed by atoms with Crippen molar-refractivity contribution in [2.45, 2.75) is 18.9 Å². The molecule has 1 aromatic heterocycles. The van der Waals surface area contributed by atoms with Crippen LogP contribution in [0.1, 0.15) is 23.8 Å². The van der Waals surface area contributed by atoms with Crippen molar-refractivity contribution in [2.24, 2.45) is 5.73 Å². The maximum atomic E-state index is 5.97. The Bertz CT molecular complexity index is 250. The minimum Gasteiger partial charge on any atom is -0.323 e. The number of hydrogen-bond acceptors (Lipinski definition) is 3. The molecule has 0 radical (unpaired) electrons. The number of halogens is 1. The lowest BCUT2D eigenvalue weighted by atomic mass is 10.1. The Balaban J connectivity index is 2.35. The lowest BCUT2D eigenvalue weighted by Gasteiger charge is -2.08. The molecule has 0 aliphatic heterocycles. The summed E-state index contributed by atoms with van der Waals surface area (Å²) in [4.78, 5) is 1.18. The van der Waals surface area contributed by atoms with Gasteiger partial charge in [0.25, 0.3) is 0 Å². The van der Waals surface area contributed by atoms with E-state index in [0.717, 1.165) is 23.7 Å². The molecule has 0 fully saturated rings. The van der Waals surface area contributed by atoms with E-state index in [0.29, 0.717) is 0 Å². The van der Waals surface area contributed by atoms with Gasteiger partial charge < -0.3 is 11.1 Å². The van der Waals surface area contributed by atoms with Gasteiger partial charge in [0.1, 0.15) is 0 Å². The quantitative estimate of drug-likeness (QED) is 0.745. The summed E-state index contributed by atoms with van der Waals surface area (Å²) in [6.45, 7) is 1.02. The zero-order chi connectivity index (χ0) is 9.68. The Hall–Kier alpha value is -0.0900. The van der Waals surface area contributed by atoms with Crippen molar-refractivity contribution in [1.82, 2.24) is 5.32 Å². The summed E-state index contributed by atoms with van der Waals surface area (Å²) in [5, 5.41) is 3.10. The third-order valence-electron chi connectivity index (χ3n) is 1.90. The van der Waals surface area contributed by atoms with Gasteiger partial charge in [-0.3, -0.25) is 0 Å². The monoisotopic (exact) mass is 218 g/mol. The second kappa shape index (κ2) is 5.60. The second-order valence-corrected chi connectivity index (χ2v) is 4.74. The van der Waals surface area contributed by atoms with Crippen molar-refractivity contribution in [3.63, 3.8) is 0 Å². The highest BCUT2D eigenvalue weighted by atomic mass is 35.5. The van der Waals surface area contributed by atoms with Crippen LogP contribution in [0.3, 0.4) is 0 Å². The molecule has 1 heterocycles. The van der Waals surface area contributed by atoms with Gasteiger partial charge in [-0.25, -0.2) is 0 Å². The summed E-state index contributed by atoms with van der Waals surface area (Å²) >= 11 is 7.39. The molecule has 1 aromatic rings. The third-order valence-corrected chi connectivity index (χ3v) is 3.26. The molecule has 3 N–H and O–H groups in total. The maximum Gasteiger partial charge on any atom is 0.0931 e. The van der Waals surface area contributed by atoms with Crippen molar-refractivity contribution in [3.05, 3.63) is 21.3 Å². The fourth-order valence-electron chi connectivity index (χ4n) is 1.17. The van der Waals surface area contributed by atoms with E-state index in [1.165, 1.54) is 4.88 Å². The van der Waals surface area contributed by atoms with Crippen molar-refractivity contribution in [1.29, 1.82) is 0 Å². The molecule has 2 nitrogen and oxygen atoms in total. The van der Waals surface area contributed by atoms with E-state index < -0.39 is 0 Å². The van der Waals surface area contributed by atoms with Crippen LogP contribution in [0.4, 0.5) is 0 Å². The van der Waals surface area contributed by atoms with Gasteiger partial charge in [0.2, 0.25) is 0 Å². The fraction of sp³-hybridized carbons (Fsp3) is 0.556. The van der Waals surface area contributed by atoms with Crippen molar-refractivity contribution >= 4 is 22.9 Å². The first-order valence-electron chi connectivity index (χ1n) is 4.39. The molecule has 1 atom stereocenters. The van der Waals surface area contributed by atoms with Crippen LogP contribution in [0, 0.1) is 0 Å². The van der Waals surface area contributed by atoms with E-state index in [1.54, 1.807) is 11.3 Å². The number of thiophene rings is 1. The van der Waals surface area contributed by atoms with Crippen LogP contribution in [0.15, 0.2) is 12.1 Å². The Kier molecular flexibility index (Phi) is 4.73. The second-order valence-electron chi connectivity index (χ2n) is 2.99. The highest BCUT2D eigenvalue weighted by molar-refractivity contribution is 7.16. The average molecular weight is 219 g/mol. The summed E-state index contributed by atoms with van der Waals surface area (Å²) in [5.74, 6) is 0. The highest BCUT2D eigenvalue weighted by Crippen LogP contribution is 2.27. The molecule has 0 saturated heterocycles. The molecule has 13 heavy (non-hydrogen) atoms. The van der Waals surface area contributed by atoms with Crippen LogP contribution < -0.4 is 11.1 Å². The molecule has 0 aliphatic rings. The van der Waals surface area contributed by atoms with Gasteiger partial charge in [0.15, 0.2) is 0 Å². The molecule has 1 unspecified atom stereocenters. The van der Waals surface area contributed by atoms with Crippen molar-refractivity contribution in [2.75, 3.05) is 13.6 Å². The first kappa shape index (κ1) is 11.0. The first-order chi connectivity index (χ1) is 6.24. The zero-order valence-corrected chi connectivity index (χ0v) is 9.29. The topological polar surface area (TPSA) is 38.0 Å². The third kappa shape index (κ3) is 3.65. The van der Waals surface area contributed by atoms with Gasteiger partial charge in [0.05, 0.1) is 4.34 Å². The molecule has 1 rings (SSSR count). The van der Waals surface area contributed by atoms with Crippen LogP contribution in [0.5, 0.6) is 0 Å². The Labute approximate surface area is 88.1 Å². The maximum absolute atomic E-state index is 5.97. The Morgan fingerprint density at radius 2 is 2.38 bits per heavy atom. The number of nitrogens with two attached hydrogens (primary N) is 1. The zero-order valence-electron chi connectivity index (χ0n) is 7.72. The van der Waals surface area contributed by atoms with E-state index in [9.17, 15) is 0 Å². The van der Waals surface area contributed by atoms with E-state index in [2.05, 4.69) is 5.32 Å². The number of hydrogen-bond donors (Lipinski definition) is 2. The van der Waals surface area contributed by atoms with Gasteiger partial charge >= 0.3 is 0 Å². The van der Waals surface area contributed by atoms with Gasteiger partial charge in [-0.2, -0.15) is 0 Å². The van der Waals surface area contributed by atoms with Gasteiger partial charge in [-0.05, 0) is 38.6 Å². The summed E-state index contributed by atoms with van der Waals surface area (Å²) in [6, 6.07) is 4.06. The molecule has 0 bridgehead atoms. The predicted molar refractivity (Wildman–Crippen MR) is 59.4 cm³/mol. The molecular weight excluding hydrogens is 204 g/mol. The van der Waals surface area contributed by atoms with Crippen LogP contribution in [-0.2, 0) is 0 Å². The molecule has 4 heteroatoms.